The largest absolute Gasteiger partial charge is 0.363 e. The van der Waals surface area contributed by atoms with E-state index in [0.29, 0.717) is 27.4 Å². The minimum Gasteiger partial charge on any atom is -0.363 e. The minimum absolute atomic E-state index is 0. The van der Waals surface area contributed by atoms with Crippen LogP contribution in [0.3, 0.4) is 0 Å². The van der Waals surface area contributed by atoms with Gasteiger partial charge in [-0.2, -0.15) is 0 Å². The third kappa shape index (κ3) is 5.80. The van der Waals surface area contributed by atoms with E-state index in [1.165, 1.54) is 18.2 Å². The second kappa shape index (κ2) is 10.7. The first-order valence-electron chi connectivity index (χ1n) is 9.50. The summed E-state index contributed by atoms with van der Waals surface area (Å²) >= 11 is 5.87. The van der Waals surface area contributed by atoms with Gasteiger partial charge >= 0.3 is 0 Å². The fourth-order valence-corrected chi connectivity index (χ4v) is 3.17. The number of anilines is 1. The Bertz CT molecular complexity index is 1140. The highest BCUT2D eigenvalue weighted by molar-refractivity contribution is 6.30. The molecule has 5 nitrogen and oxygen atoms in total. The van der Waals surface area contributed by atoms with Gasteiger partial charge in [-0.05, 0) is 48.0 Å². The average molecular weight is 454 g/mol. The Kier molecular flexibility index (Phi) is 8.27. The topological polar surface area (TPSA) is 73.3 Å². The number of nitrogens with zero attached hydrogens (tertiary/aromatic N) is 1. The zero-order valence-corrected chi connectivity index (χ0v) is 17.8. The summed E-state index contributed by atoms with van der Waals surface area (Å²) in [6.45, 7) is 0. The average Bonchev–Trinajstić information content (AvgIpc) is 2.74. The van der Waals surface area contributed by atoms with E-state index >= 15 is 0 Å². The molecule has 0 atom stereocenters. The molecule has 166 valence electrons. The summed E-state index contributed by atoms with van der Waals surface area (Å²) < 4.78 is 14.6. The summed E-state index contributed by atoms with van der Waals surface area (Å²) in [5.41, 5.74) is 1.69. The minimum atomic E-state index is -0.697. The van der Waals surface area contributed by atoms with Crippen LogP contribution in [-0.2, 0) is 6.42 Å². The molecular weight excluding hydrogens is 429 g/mol. The SMILES string of the molecule is C.CN(C)C(=N)c1ccc(C(=O)Cc2ccccc2C(=O)Nc2ccc(Cl)cc2)c(F)c1. The third-order valence-corrected chi connectivity index (χ3v) is 4.96. The first-order chi connectivity index (χ1) is 14.8. The van der Waals surface area contributed by atoms with Crippen molar-refractivity contribution >= 4 is 34.8 Å². The Balaban J connectivity index is 0.00000363. The van der Waals surface area contributed by atoms with E-state index in [1.54, 1.807) is 67.5 Å². The summed E-state index contributed by atoms with van der Waals surface area (Å²) in [5, 5.41) is 11.3. The van der Waals surface area contributed by atoms with Gasteiger partial charge in [0, 0.05) is 42.4 Å². The van der Waals surface area contributed by atoms with E-state index in [0.717, 1.165) is 0 Å². The molecule has 0 spiro atoms. The lowest BCUT2D eigenvalue weighted by molar-refractivity contribution is 0.0988. The molecule has 1 amide bonds. The molecule has 3 aromatic carbocycles. The van der Waals surface area contributed by atoms with Gasteiger partial charge in [0.2, 0.25) is 0 Å². The highest BCUT2D eigenvalue weighted by Gasteiger charge is 2.18. The zero-order chi connectivity index (χ0) is 22.5. The molecular formula is C25H25ClFN3O2. The van der Waals surface area contributed by atoms with Gasteiger partial charge in [0.05, 0.1) is 5.56 Å². The molecule has 0 aromatic heterocycles. The van der Waals surface area contributed by atoms with Crippen LogP contribution < -0.4 is 5.32 Å². The Morgan fingerprint density at radius 2 is 1.66 bits per heavy atom. The number of nitrogens with one attached hydrogen (secondary N) is 2. The number of benzene rings is 3. The van der Waals surface area contributed by atoms with E-state index < -0.39 is 11.6 Å². The van der Waals surface area contributed by atoms with Crippen molar-refractivity contribution in [3.63, 3.8) is 0 Å². The number of carbonyl (C=O) groups is 2. The molecule has 0 unspecified atom stereocenters. The Morgan fingerprint density at radius 3 is 2.28 bits per heavy atom. The molecule has 3 rings (SSSR count). The Hall–Kier alpha value is -3.51. The summed E-state index contributed by atoms with van der Waals surface area (Å²) in [5.74, 6) is -1.38. The maximum Gasteiger partial charge on any atom is 0.255 e. The number of hydrogen-bond donors (Lipinski definition) is 2. The van der Waals surface area contributed by atoms with E-state index in [4.69, 9.17) is 17.0 Å². The number of amides is 1. The predicted octanol–water partition coefficient (Wildman–Crippen LogP) is 5.68. The lowest BCUT2D eigenvalue weighted by Gasteiger charge is -2.14. The van der Waals surface area contributed by atoms with Gasteiger partial charge < -0.3 is 10.2 Å². The molecule has 0 saturated heterocycles. The van der Waals surface area contributed by atoms with Crippen molar-refractivity contribution < 1.29 is 14.0 Å². The number of Topliss-reactive ketones (excluding diaryl/α,β-unsaturated/α-hetero) is 1. The molecule has 2 N–H and O–H groups in total. The van der Waals surface area contributed by atoms with Crippen molar-refractivity contribution in [3.8, 4) is 0 Å². The van der Waals surface area contributed by atoms with Gasteiger partial charge in [-0.15, -0.1) is 0 Å². The van der Waals surface area contributed by atoms with Gasteiger partial charge in [-0.1, -0.05) is 43.3 Å². The van der Waals surface area contributed by atoms with Gasteiger partial charge in [-0.3, -0.25) is 15.0 Å². The first kappa shape index (κ1) is 24.8. The van der Waals surface area contributed by atoms with Crippen LogP contribution >= 0.6 is 11.6 Å². The van der Waals surface area contributed by atoms with Crippen LogP contribution in [0.25, 0.3) is 0 Å². The summed E-state index contributed by atoms with van der Waals surface area (Å²) in [4.78, 5) is 27.0. The van der Waals surface area contributed by atoms with Crippen molar-refractivity contribution in [3.05, 3.63) is 99.8 Å². The molecule has 0 radical (unpaired) electrons. The number of amidine groups is 1. The summed E-state index contributed by atoms with van der Waals surface area (Å²) in [7, 11) is 3.37. The molecule has 7 heteroatoms. The van der Waals surface area contributed by atoms with Crippen molar-refractivity contribution in [1.29, 1.82) is 5.41 Å². The second-order valence-electron chi connectivity index (χ2n) is 7.16. The third-order valence-electron chi connectivity index (χ3n) is 4.71. The van der Waals surface area contributed by atoms with Crippen molar-refractivity contribution in [1.82, 2.24) is 4.90 Å². The van der Waals surface area contributed by atoms with Crippen molar-refractivity contribution in [2.45, 2.75) is 13.8 Å². The van der Waals surface area contributed by atoms with Crippen LogP contribution in [-0.4, -0.2) is 36.5 Å². The molecule has 0 saturated carbocycles. The van der Waals surface area contributed by atoms with Crippen molar-refractivity contribution in [2.75, 3.05) is 19.4 Å². The second-order valence-corrected chi connectivity index (χ2v) is 7.59. The molecule has 0 aliphatic rings. The van der Waals surface area contributed by atoms with Gasteiger partial charge in [0.25, 0.3) is 5.91 Å². The molecule has 0 bridgehead atoms. The van der Waals surface area contributed by atoms with Crippen LogP contribution in [0.4, 0.5) is 10.1 Å². The monoisotopic (exact) mass is 453 g/mol. The highest BCUT2D eigenvalue weighted by atomic mass is 35.5. The molecule has 0 heterocycles. The summed E-state index contributed by atoms with van der Waals surface area (Å²) in [6.07, 6.45) is -0.133. The van der Waals surface area contributed by atoms with Crippen molar-refractivity contribution in [2.24, 2.45) is 0 Å². The number of hydrogen-bond acceptors (Lipinski definition) is 3. The number of rotatable bonds is 6. The Morgan fingerprint density at radius 1 is 1.00 bits per heavy atom. The van der Waals surface area contributed by atoms with E-state index in [9.17, 15) is 14.0 Å². The molecule has 32 heavy (non-hydrogen) atoms. The Labute approximate surface area is 192 Å². The molecule has 0 aliphatic heterocycles. The molecule has 0 fully saturated rings. The number of carbonyl (C=O) groups excluding carboxylic acids is 2. The maximum absolute atomic E-state index is 14.6. The van der Waals surface area contributed by atoms with Crippen LogP contribution in [0.1, 0.15) is 39.3 Å². The number of halogens is 2. The first-order valence-corrected chi connectivity index (χ1v) is 9.88. The fraction of sp³-hybridized carbons (Fsp3) is 0.160. The quantitative estimate of drug-likeness (QED) is 0.286. The predicted molar refractivity (Wildman–Crippen MR) is 128 cm³/mol. The lowest BCUT2D eigenvalue weighted by Crippen LogP contribution is -2.22. The standard InChI is InChI=1S/C24H21ClFN3O2.CH4/c1-29(2)23(27)16-7-12-20(21(26)13-16)22(30)14-15-5-3-4-6-19(15)24(31)28-18-10-8-17(25)9-11-18;/h3-13,27H,14H2,1-2H3,(H,28,31);1H4. The normalized spacial score (nSPS) is 10.1. The van der Waals surface area contributed by atoms with E-state index in [1.807, 2.05) is 0 Å². The summed E-state index contributed by atoms with van der Waals surface area (Å²) in [6, 6.07) is 17.5. The van der Waals surface area contributed by atoms with Gasteiger partial charge in [0.15, 0.2) is 5.78 Å². The smallest absolute Gasteiger partial charge is 0.255 e. The van der Waals surface area contributed by atoms with Gasteiger partial charge in [0.1, 0.15) is 11.7 Å². The fourth-order valence-electron chi connectivity index (χ4n) is 3.04. The maximum atomic E-state index is 14.6. The number of ketones is 1. The van der Waals surface area contributed by atoms with Crippen LogP contribution in [0.2, 0.25) is 5.02 Å². The van der Waals surface area contributed by atoms with Crippen LogP contribution in [0.5, 0.6) is 0 Å². The van der Waals surface area contributed by atoms with E-state index in [2.05, 4.69) is 5.32 Å². The van der Waals surface area contributed by atoms with Gasteiger partial charge in [-0.25, -0.2) is 4.39 Å². The van der Waals surface area contributed by atoms with Crippen LogP contribution in [0, 0.1) is 11.2 Å². The van der Waals surface area contributed by atoms with E-state index in [-0.39, 0.29) is 31.2 Å². The molecule has 0 aliphatic carbocycles. The lowest BCUT2D eigenvalue weighted by atomic mass is 9.97. The zero-order valence-electron chi connectivity index (χ0n) is 17.1. The highest BCUT2D eigenvalue weighted by Crippen LogP contribution is 2.19. The molecule has 3 aromatic rings. The van der Waals surface area contributed by atoms with Crippen LogP contribution in [0.15, 0.2) is 66.7 Å².